The van der Waals surface area contributed by atoms with Crippen molar-refractivity contribution in [1.82, 2.24) is 0 Å². The zero-order valence-electron chi connectivity index (χ0n) is 27.3. The van der Waals surface area contributed by atoms with Gasteiger partial charge in [0.05, 0.1) is 5.69 Å². The van der Waals surface area contributed by atoms with Crippen molar-refractivity contribution in [2.75, 3.05) is 4.90 Å². The normalized spacial score (nSPS) is 11.6. The first-order valence-corrected chi connectivity index (χ1v) is 17.1. The lowest BCUT2D eigenvalue weighted by Crippen LogP contribution is -2.11. The van der Waals surface area contributed by atoms with E-state index >= 15 is 0 Å². The van der Waals surface area contributed by atoms with Crippen molar-refractivity contribution in [1.29, 1.82) is 0 Å². The number of hydrogen-bond acceptors (Lipinski definition) is 2. The van der Waals surface area contributed by atoms with Crippen molar-refractivity contribution in [2.24, 2.45) is 0 Å². The Kier molecular flexibility index (Phi) is 6.53. The molecule has 1 aliphatic carbocycles. The Hall–Kier alpha value is -6.64. The summed E-state index contributed by atoms with van der Waals surface area (Å²) < 4.78 is 6.65. The van der Waals surface area contributed by atoms with Crippen LogP contribution in [0.4, 0.5) is 17.1 Å². The van der Waals surface area contributed by atoms with Crippen LogP contribution < -0.4 is 4.90 Å². The molecule has 0 amide bonds. The summed E-state index contributed by atoms with van der Waals surface area (Å²) in [4.78, 5) is 2.35. The molecule has 0 fully saturated rings. The predicted molar refractivity (Wildman–Crippen MR) is 209 cm³/mol. The van der Waals surface area contributed by atoms with Gasteiger partial charge in [0.2, 0.25) is 0 Å². The quantitative estimate of drug-likeness (QED) is 0.191. The third kappa shape index (κ3) is 4.50. The smallest absolute Gasteiger partial charge is 0.159 e. The molecule has 50 heavy (non-hydrogen) atoms. The van der Waals surface area contributed by atoms with Gasteiger partial charge in [0.15, 0.2) is 5.58 Å². The van der Waals surface area contributed by atoms with Gasteiger partial charge in [0.1, 0.15) is 5.58 Å². The van der Waals surface area contributed by atoms with Gasteiger partial charge in [-0.15, -0.1) is 0 Å². The molecule has 8 aromatic carbocycles. The van der Waals surface area contributed by atoms with E-state index < -0.39 is 0 Å². The van der Waals surface area contributed by atoms with Gasteiger partial charge in [-0.1, -0.05) is 152 Å². The van der Waals surface area contributed by atoms with E-state index in [4.69, 9.17) is 4.42 Å². The zero-order valence-corrected chi connectivity index (χ0v) is 27.3. The molecule has 1 aliphatic rings. The maximum absolute atomic E-state index is 6.65. The van der Waals surface area contributed by atoms with Gasteiger partial charge in [0, 0.05) is 22.1 Å². The molecule has 0 unspecified atom stereocenters. The summed E-state index contributed by atoms with van der Waals surface area (Å²) >= 11 is 0. The molecule has 0 atom stereocenters. The summed E-state index contributed by atoms with van der Waals surface area (Å²) in [5.74, 6) is 0. The molecule has 2 nitrogen and oxygen atoms in total. The van der Waals surface area contributed by atoms with Gasteiger partial charge in [-0.05, 0) is 92.0 Å². The minimum Gasteiger partial charge on any atom is -0.454 e. The number of nitrogens with zero attached hydrogens (tertiary/aromatic N) is 1. The monoisotopic (exact) mass is 637 g/mol. The Morgan fingerprint density at radius 1 is 0.320 bits per heavy atom. The molecular formula is C48H31NO. The SMILES string of the molecule is c1ccc(-c2ccc(N(c3ccc4c(c3)-c3ccccc3-c3ccccc3-c3ccccc3-4)c3cccc4c3oc3ccccc34)cc2)cc1. The van der Waals surface area contributed by atoms with Gasteiger partial charge < -0.3 is 9.32 Å². The fraction of sp³-hybridized carbons (Fsp3) is 0. The van der Waals surface area contributed by atoms with E-state index in [0.717, 1.165) is 39.0 Å². The Balaban J connectivity index is 1.24. The van der Waals surface area contributed by atoms with Crippen LogP contribution in [0.2, 0.25) is 0 Å². The van der Waals surface area contributed by atoms with Gasteiger partial charge >= 0.3 is 0 Å². The first-order chi connectivity index (χ1) is 24.8. The molecule has 1 aromatic heterocycles. The lowest BCUT2D eigenvalue weighted by molar-refractivity contribution is 0.669. The van der Waals surface area contributed by atoms with Crippen molar-refractivity contribution in [2.45, 2.75) is 0 Å². The second-order valence-electron chi connectivity index (χ2n) is 12.9. The first kappa shape index (κ1) is 28.4. The maximum Gasteiger partial charge on any atom is 0.159 e. The second-order valence-corrected chi connectivity index (χ2v) is 12.9. The van der Waals surface area contributed by atoms with E-state index in [0.29, 0.717) is 0 Å². The average Bonchev–Trinajstić information content (AvgIpc) is 3.58. The first-order valence-electron chi connectivity index (χ1n) is 17.1. The highest BCUT2D eigenvalue weighted by atomic mass is 16.3. The van der Waals surface area contributed by atoms with Crippen LogP contribution in [-0.2, 0) is 0 Å². The molecule has 10 rings (SSSR count). The molecule has 0 aliphatic heterocycles. The van der Waals surface area contributed by atoms with Crippen LogP contribution in [0.1, 0.15) is 0 Å². The number of para-hydroxylation sites is 2. The summed E-state index contributed by atoms with van der Waals surface area (Å²) in [5, 5.41) is 2.22. The molecule has 2 heteroatoms. The van der Waals surface area contributed by atoms with E-state index in [1.165, 1.54) is 55.6 Å². The van der Waals surface area contributed by atoms with Crippen LogP contribution in [0.3, 0.4) is 0 Å². The molecule has 0 N–H and O–H groups in total. The van der Waals surface area contributed by atoms with Crippen LogP contribution >= 0.6 is 0 Å². The summed E-state index contributed by atoms with van der Waals surface area (Å²) in [6, 6.07) is 67.5. The van der Waals surface area contributed by atoms with Crippen molar-refractivity contribution < 1.29 is 4.42 Å². The molecule has 1 heterocycles. The topological polar surface area (TPSA) is 16.4 Å². The maximum atomic E-state index is 6.65. The summed E-state index contributed by atoms with van der Waals surface area (Å²) in [6.07, 6.45) is 0. The molecule has 0 spiro atoms. The molecule has 0 bridgehead atoms. The summed E-state index contributed by atoms with van der Waals surface area (Å²) in [6.45, 7) is 0. The number of hydrogen-bond donors (Lipinski definition) is 0. The van der Waals surface area contributed by atoms with Crippen LogP contribution in [0.5, 0.6) is 0 Å². The minimum absolute atomic E-state index is 0.868. The predicted octanol–water partition coefficient (Wildman–Crippen LogP) is 13.7. The Labute approximate surface area is 291 Å². The molecule has 0 saturated carbocycles. The van der Waals surface area contributed by atoms with Crippen LogP contribution in [0.15, 0.2) is 192 Å². The van der Waals surface area contributed by atoms with Crippen LogP contribution in [0, 0.1) is 0 Å². The van der Waals surface area contributed by atoms with E-state index in [9.17, 15) is 0 Å². The average molecular weight is 638 g/mol. The van der Waals surface area contributed by atoms with Gasteiger partial charge in [-0.25, -0.2) is 0 Å². The second kappa shape index (κ2) is 11.5. The lowest BCUT2D eigenvalue weighted by Gasteiger charge is -2.28. The Morgan fingerprint density at radius 2 is 0.800 bits per heavy atom. The number of benzene rings is 8. The molecular weight excluding hydrogens is 607 g/mol. The lowest BCUT2D eigenvalue weighted by atomic mass is 9.81. The molecule has 234 valence electrons. The highest BCUT2D eigenvalue weighted by Gasteiger charge is 2.24. The third-order valence-corrected chi connectivity index (χ3v) is 10.1. The molecule has 0 radical (unpaired) electrons. The third-order valence-electron chi connectivity index (χ3n) is 10.1. The molecule has 9 aromatic rings. The number of rotatable bonds is 4. The van der Waals surface area contributed by atoms with Crippen LogP contribution in [0.25, 0.3) is 77.6 Å². The van der Waals surface area contributed by atoms with Gasteiger partial charge in [-0.2, -0.15) is 0 Å². The number of anilines is 3. The van der Waals surface area contributed by atoms with Gasteiger partial charge in [0.25, 0.3) is 0 Å². The highest BCUT2D eigenvalue weighted by Crippen LogP contribution is 2.50. The van der Waals surface area contributed by atoms with E-state index in [1.54, 1.807) is 0 Å². The van der Waals surface area contributed by atoms with E-state index in [1.807, 2.05) is 6.07 Å². The zero-order chi connectivity index (χ0) is 33.0. The largest absolute Gasteiger partial charge is 0.454 e. The molecule has 0 saturated heterocycles. The number of furan rings is 1. The Morgan fingerprint density at radius 3 is 1.44 bits per heavy atom. The minimum atomic E-state index is 0.868. The standard InChI is InChI=1S/C48H31NO/c1-2-13-32(14-3-1)33-25-27-34(28-26-33)49(46-23-12-22-44-43-21-10-11-24-47(43)50-48(44)46)35-29-30-42-40-19-7-6-17-38(40)36-15-4-5-16-37(36)39-18-8-9-20-41(39)45(42)31-35/h1-31H. The van der Waals surface area contributed by atoms with Crippen LogP contribution in [-0.4, -0.2) is 0 Å². The fourth-order valence-corrected chi connectivity index (χ4v) is 7.76. The van der Waals surface area contributed by atoms with E-state index in [2.05, 4.69) is 187 Å². The highest BCUT2D eigenvalue weighted by molar-refractivity contribution is 6.11. The van der Waals surface area contributed by atoms with E-state index in [-0.39, 0.29) is 0 Å². The summed E-state index contributed by atoms with van der Waals surface area (Å²) in [7, 11) is 0. The summed E-state index contributed by atoms with van der Waals surface area (Å²) in [5.41, 5.74) is 17.1. The van der Waals surface area contributed by atoms with Gasteiger partial charge in [-0.3, -0.25) is 0 Å². The fourth-order valence-electron chi connectivity index (χ4n) is 7.76. The van der Waals surface area contributed by atoms with Crippen molar-refractivity contribution in [3.05, 3.63) is 188 Å². The number of fused-ring (bicyclic) bond motifs is 11. The van der Waals surface area contributed by atoms with Crippen molar-refractivity contribution >= 4 is 39.0 Å². The van der Waals surface area contributed by atoms with Crippen molar-refractivity contribution in [3.8, 4) is 55.6 Å². The van der Waals surface area contributed by atoms with Crippen molar-refractivity contribution in [3.63, 3.8) is 0 Å². The Bertz CT molecular complexity index is 2700.